The van der Waals surface area contributed by atoms with E-state index < -0.39 is 52.3 Å². The Labute approximate surface area is 157 Å². The fraction of sp³-hybridized carbons (Fsp3) is 0.714. The van der Waals surface area contributed by atoms with Crippen molar-refractivity contribution in [3.8, 4) is 0 Å². The molecule has 0 bridgehead atoms. The summed E-state index contributed by atoms with van der Waals surface area (Å²) < 4.78 is 24.0. The van der Waals surface area contributed by atoms with Crippen LogP contribution in [0.5, 0.6) is 0 Å². The molecule has 1 heterocycles. The van der Waals surface area contributed by atoms with Crippen molar-refractivity contribution in [3.05, 3.63) is 0 Å². The van der Waals surface area contributed by atoms with E-state index in [4.69, 9.17) is 35.3 Å². The highest BCUT2D eigenvalue weighted by molar-refractivity contribution is 9.10. The van der Waals surface area contributed by atoms with Crippen LogP contribution in [-0.2, 0) is 42.9 Å². The first-order valence-corrected chi connectivity index (χ1v) is 8.31. The number of halogens is 2. The lowest BCUT2D eigenvalue weighted by Crippen LogP contribution is -2.64. The minimum Gasteiger partial charge on any atom is -0.463 e. The van der Waals surface area contributed by atoms with Crippen LogP contribution in [0, 0.1) is 0 Å². The Bertz CT molecular complexity index is 550. The zero-order chi connectivity index (χ0) is 19.4. The summed E-state index contributed by atoms with van der Waals surface area (Å²) in [5.74, 6) is -2.77. The third kappa shape index (κ3) is 6.44. The first-order valence-electron chi connectivity index (χ1n) is 7.14. The molecule has 0 N–H and O–H groups in total. The van der Waals surface area contributed by atoms with Gasteiger partial charge in [-0.25, -0.2) is 0 Å². The second-order valence-electron chi connectivity index (χ2n) is 5.20. The molecule has 1 aliphatic heterocycles. The molecule has 11 heteroatoms. The van der Waals surface area contributed by atoms with Crippen molar-refractivity contribution in [2.75, 3.05) is 6.61 Å². The molecule has 0 aliphatic carbocycles. The number of carbonyl (C=O) groups is 4. The summed E-state index contributed by atoms with van der Waals surface area (Å²) in [5, 5.41) is 0. The van der Waals surface area contributed by atoms with Crippen LogP contribution >= 0.6 is 27.5 Å². The van der Waals surface area contributed by atoms with Crippen LogP contribution in [0.1, 0.15) is 27.7 Å². The number of rotatable bonds is 5. The maximum absolute atomic E-state index is 11.5. The van der Waals surface area contributed by atoms with Crippen LogP contribution in [0.3, 0.4) is 0 Å². The van der Waals surface area contributed by atoms with E-state index >= 15 is 0 Å². The molecule has 1 rings (SSSR count). The van der Waals surface area contributed by atoms with E-state index in [0.29, 0.717) is 0 Å². The Balaban J connectivity index is 3.24. The van der Waals surface area contributed by atoms with Gasteiger partial charge in [0.05, 0.1) is 0 Å². The Morgan fingerprint density at radius 2 is 1.40 bits per heavy atom. The normalized spacial score (nSPS) is 31.6. The molecular formula is C14H18BrClO9. The van der Waals surface area contributed by atoms with Gasteiger partial charge in [0, 0.05) is 27.7 Å². The number of esters is 4. The first kappa shape index (κ1) is 21.7. The van der Waals surface area contributed by atoms with E-state index in [-0.39, 0.29) is 6.61 Å². The van der Waals surface area contributed by atoms with Gasteiger partial charge >= 0.3 is 23.9 Å². The van der Waals surface area contributed by atoms with Crippen molar-refractivity contribution < 1.29 is 42.9 Å². The summed E-state index contributed by atoms with van der Waals surface area (Å²) in [7, 11) is 0. The molecule has 0 amide bonds. The van der Waals surface area contributed by atoms with Crippen LogP contribution in [0.4, 0.5) is 0 Å². The lowest BCUT2D eigenvalue weighted by atomic mass is 9.99. The van der Waals surface area contributed by atoms with Crippen molar-refractivity contribution in [2.45, 2.75) is 56.1 Å². The highest BCUT2D eigenvalue weighted by Gasteiger charge is 2.58. The molecule has 0 radical (unpaired) electrons. The molecule has 0 aromatic heterocycles. The third-order valence-electron chi connectivity index (χ3n) is 2.98. The van der Waals surface area contributed by atoms with Gasteiger partial charge in [0.25, 0.3) is 0 Å². The van der Waals surface area contributed by atoms with Crippen molar-refractivity contribution in [1.82, 2.24) is 0 Å². The highest BCUT2D eigenvalue weighted by atomic mass is 79.9. The van der Waals surface area contributed by atoms with Crippen LogP contribution < -0.4 is 0 Å². The van der Waals surface area contributed by atoms with Gasteiger partial charge in [-0.2, -0.15) is 0 Å². The van der Waals surface area contributed by atoms with E-state index in [1.165, 1.54) is 6.92 Å². The first-order chi connectivity index (χ1) is 11.4. The van der Waals surface area contributed by atoms with Crippen LogP contribution in [-0.4, -0.2) is 58.9 Å². The molecular weight excluding hydrogens is 428 g/mol. The van der Waals surface area contributed by atoms with Gasteiger partial charge in [-0.05, 0) is 15.9 Å². The average molecular weight is 446 g/mol. The van der Waals surface area contributed by atoms with Gasteiger partial charge in [0.1, 0.15) is 12.7 Å². The second kappa shape index (κ2) is 8.81. The number of carbonyl (C=O) groups excluding carboxylic acids is 4. The molecule has 0 unspecified atom stereocenters. The summed E-state index contributed by atoms with van der Waals surface area (Å²) >= 11 is 9.27. The van der Waals surface area contributed by atoms with E-state index in [1.807, 2.05) is 0 Å². The Morgan fingerprint density at radius 3 is 1.84 bits per heavy atom. The summed E-state index contributed by atoms with van der Waals surface area (Å²) in [4.78, 5) is 45.4. The minimum absolute atomic E-state index is 0.335. The maximum Gasteiger partial charge on any atom is 0.303 e. The minimum atomic E-state index is -1.81. The van der Waals surface area contributed by atoms with Gasteiger partial charge in [0.15, 0.2) is 18.3 Å². The van der Waals surface area contributed by atoms with Crippen LogP contribution in [0.2, 0.25) is 0 Å². The molecule has 142 valence electrons. The Morgan fingerprint density at radius 1 is 0.920 bits per heavy atom. The molecule has 0 spiro atoms. The van der Waals surface area contributed by atoms with E-state index in [9.17, 15) is 19.2 Å². The van der Waals surface area contributed by atoms with Gasteiger partial charge in [-0.1, -0.05) is 11.6 Å². The zero-order valence-electron chi connectivity index (χ0n) is 13.9. The molecule has 25 heavy (non-hydrogen) atoms. The monoisotopic (exact) mass is 444 g/mol. The van der Waals surface area contributed by atoms with Gasteiger partial charge in [-0.3, -0.25) is 19.2 Å². The molecule has 0 saturated carbocycles. The smallest absolute Gasteiger partial charge is 0.303 e. The number of ether oxygens (including phenoxy) is 5. The summed E-state index contributed by atoms with van der Waals surface area (Å²) in [5.41, 5.74) is 0. The van der Waals surface area contributed by atoms with E-state index in [0.717, 1.165) is 20.8 Å². The number of hydrogen-bond donors (Lipinski definition) is 0. The topological polar surface area (TPSA) is 114 Å². The summed E-state index contributed by atoms with van der Waals surface area (Å²) in [6.07, 6.45) is -4.94. The van der Waals surface area contributed by atoms with E-state index in [1.54, 1.807) is 0 Å². The molecule has 0 aromatic carbocycles. The highest BCUT2D eigenvalue weighted by Crippen LogP contribution is 2.42. The Hall–Kier alpha value is -1.39. The predicted octanol–water partition coefficient (Wildman–Crippen LogP) is 1.03. The van der Waals surface area contributed by atoms with Crippen molar-refractivity contribution >= 4 is 51.4 Å². The molecule has 9 nitrogen and oxygen atoms in total. The standard InChI is InChI=1S/C14H18BrClO9/c1-6(17)21-5-10-11(22-7(2)18)12(23-8(3)19)13(24-9(4)20)14(15,16)25-10/h10-13H,5H2,1-4H3/t10-,11+,12+,13-,14-/m1/s1. The maximum atomic E-state index is 11.5. The summed E-state index contributed by atoms with van der Waals surface area (Å²) in [6, 6.07) is 0. The van der Waals surface area contributed by atoms with Crippen LogP contribution in [0.15, 0.2) is 0 Å². The quantitative estimate of drug-likeness (QED) is 0.347. The fourth-order valence-electron chi connectivity index (χ4n) is 2.21. The molecule has 1 aliphatic rings. The SMILES string of the molecule is CC(=O)OC[C@H]1O[C@@](Cl)(Br)[C@H](OC(C)=O)[C@@H](OC(C)=O)[C@H]1OC(C)=O. The molecule has 5 atom stereocenters. The van der Waals surface area contributed by atoms with Gasteiger partial charge < -0.3 is 23.7 Å². The molecule has 0 aromatic rings. The average Bonchev–Trinajstić information content (AvgIpc) is 2.42. The van der Waals surface area contributed by atoms with Crippen molar-refractivity contribution in [3.63, 3.8) is 0 Å². The largest absolute Gasteiger partial charge is 0.463 e. The Kier molecular flexibility index (Phi) is 7.63. The zero-order valence-corrected chi connectivity index (χ0v) is 16.3. The lowest BCUT2D eigenvalue weighted by molar-refractivity contribution is -0.244. The fourth-order valence-corrected chi connectivity index (χ4v) is 3.09. The molecule has 1 fully saturated rings. The molecule has 1 saturated heterocycles. The van der Waals surface area contributed by atoms with Crippen molar-refractivity contribution in [2.24, 2.45) is 0 Å². The van der Waals surface area contributed by atoms with Gasteiger partial charge in [0.2, 0.25) is 3.97 Å². The van der Waals surface area contributed by atoms with Crippen LogP contribution in [0.25, 0.3) is 0 Å². The third-order valence-corrected chi connectivity index (χ3v) is 3.92. The predicted molar refractivity (Wildman–Crippen MR) is 85.7 cm³/mol. The number of alkyl halides is 2. The summed E-state index contributed by atoms with van der Waals surface area (Å²) in [6.45, 7) is 4.22. The lowest BCUT2D eigenvalue weighted by Gasteiger charge is -2.46. The number of hydrogen-bond acceptors (Lipinski definition) is 9. The second-order valence-corrected chi connectivity index (χ2v) is 7.39. The van der Waals surface area contributed by atoms with Gasteiger partial charge in [-0.15, -0.1) is 0 Å². The van der Waals surface area contributed by atoms with Crippen molar-refractivity contribution in [1.29, 1.82) is 0 Å². The van der Waals surface area contributed by atoms with E-state index in [2.05, 4.69) is 15.9 Å².